The van der Waals surface area contributed by atoms with Crippen molar-refractivity contribution in [2.75, 3.05) is 26.7 Å². The lowest BCUT2D eigenvalue weighted by atomic mass is 10.1. The normalized spacial score (nSPS) is 28.6. The third-order valence-corrected chi connectivity index (χ3v) is 4.48. The van der Waals surface area contributed by atoms with Crippen LogP contribution in [0, 0.1) is 10.1 Å². The first-order valence-corrected chi connectivity index (χ1v) is 7.34. The third-order valence-electron chi connectivity index (χ3n) is 4.48. The number of urea groups is 1. The van der Waals surface area contributed by atoms with Crippen LogP contribution < -0.4 is 9.80 Å². The van der Waals surface area contributed by atoms with Gasteiger partial charge in [-0.25, -0.2) is 4.79 Å². The first kappa shape index (κ1) is 14.7. The molecule has 1 fully saturated rings. The summed E-state index contributed by atoms with van der Waals surface area (Å²) in [5.74, 6) is 0. The van der Waals surface area contributed by atoms with E-state index in [2.05, 4.69) is 22.4 Å². The largest absolute Gasteiger partial charge is 0.423 e. The van der Waals surface area contributed by atoms with Crippen molar-refractivity contribution in [3.63, 3.8) is 0 Å². The Kier molecular flexibility index (Phi) is 3.67. The van der Waals surface area contributed by atoms with Gasteiger partial charge >= 0.3 is 6.03 Å². The maximum Gasteiger partial charge on any atom is 0.423 e. The standard InChI is InChI=1S/C15H18N4O3/c1-17-10-3-2-4-14(17)19(11-9-16-15(19)20)13-7-5-12(6-8-13)18(21)22/h2,4-8,14H,3,9-11H2,1H3/p+1. The van der Waals surface area contributed by atoms with E-state index in [0.29, 0.717) is 13.1 Å². The van der Waals surface area contributed by atoms with Gasteiger partial charge in [0.15, 0.2) is 6.17 Å². The maximum absolute atomic E-state index is 12.6. The molecule has 2 amide bonds. The van der Waals surface area contributed by atoms with E-state index in [1.54, 1.807) is 12.1 Å². The average molecular weight is 303 g/mol. The lowest BCUT2D eigenvalue weighted by molar-refractivity contribution is -0.384. The van der Waals surface area contributed by atoms with E-state index in [1.165, 1.54) is 12.1 Å². The van der Waals surface area contributed by atoms with Gasteiger partial charge in [0.2, 0.25) is 0 Å². The summed E-state index contributed by atoms with van der Waals surface area (Å²) in [4.78, 5) is 25.2. The SMILES string of the molecule is CN1CCC=CC1[N+]1(c2ccc([N+](=O)[O-])cc2)CCNC1=O. The molecule has 0 bridgehead atoms. The molecule has 2 unspecified atom stereocenters. The van der Waals surface area contributed by atoms with Crippen LogP contribution in [0.5, 0.6) is 0 Å². The molecule has 3 rings (SSSR count). The van der Waals surface area contributed by atoms with Crippen molar-refractivity contribution in [1.29, 1.82) is 0 Å². The van der Waals surface area contributed by atoms with Crippen LogP contribution in [0.4, 0.5) is 16.2 Å². The molecule has 116 valence electrons. The molecular weight excluding hydrogens is 284 g/mol. The van der Waals surface area contributed by atoms with Gasteiger partial charge in [-0.05, 0) is 19.5 Å². The number of rotatable bonds is 3. The molecule has 1 saturated heterocycles. The second-order valence-electron chi connectivity index (χ2n) is 5.71. The van der Waals surface area contributed by atoms with Gasteiger partial charge in [-0.1, -0.05) is 6.08 Å². The number of benzene rings is 1. The van der Waals surface area contributed by atoms with E-state index in [0.717, 1.165) is 18.7 Å². The van der Waals surface area contributed by atoms with Crippen molar-refractivity contribution >= 4 is 17.4 Å². The Labute approximate surface area is 128 Å². The summed E-state index contributed by atoms with van der Waals surface area (Å²) in [6.07, 6.45) is 5.05. The Morgan fingerprint density at radius 2 is 2.09 bits per heavy atom. The predicted molar refractivity (Wildman–Crippen MR) is 83.3 cm³/mol. The number of carbonyl (C=O) groups is 1. The molecule has 1 aromatic carbocycles. The second-order valence-corrected chi connectivity index (χ2v) is 5.71. The molecule has 2 heterocycles. The number of carbonyl (C=O) groups excluding carboxylic acids is 1. The fourth-order valence-corrected chi connectivity index (χ4v) is 3.33. The zero-order valence-corrected chi connectivity index (χ0v) is 12.4. The number of quaternary nitrogens is 1. The minimum Gasteiger partial charge on any atom is -0.299 e. The lowest BCUT2D eigenvalue weighted by Crippen LogP contribution is -2.64. The Balaban J connectivity index is 2.06. The van der Waals surface area contributed by atoms with E-state index >= 15 is 0 Å². The number of non-ortho nitro benzene ring substituents is 1. The van der Waals surface area contributed by atoms with Crippen LogP contribution in [0.3, 0.4) is 0 Å². The third kappa shape index (κ3) is 2.18. The fraction of sp³-hybridized carbons (Fsp3) is 0.400. The number of nitrogens with one attached hydrogen (secondary N) is 1. The van der Waals surface area contributed by atoms with Gasteiger partial charge in [-0.15, -0.1) is 0 Å². The van der Waals surface area contributed by atoms with Gasteiger partial charge < -0.3 is 0 Å². The van der Waals surface area contributed by atoms with Gasteiger partial charge in [0.25, 0.3) is 5.69 Å². The van der Waals surface area contributed by atoms with Crippen molar-refractivity contribution in [2.45, 2.75) is 12.6 Å². The smallest absolute Gasteiger partial charge is 0.299 e. The highest BCUT2D eigenvalue weighted by atomic mass is 16.6. The number of amides is 2. The number of nitro benzene ring substituents is 1. The number of hydrogen-bond donors (Lipinski definition) is 1. The quantitative estimate of drug-likeness (QED) is 0.400. The summed E-state index contributed by atoms with van der Waals surface area (Å²) in [6, 6.07) is 6.26. The molecular formula is C15H19N4O3+. The highest BCUT2D eigenvalue weighted by Gasteiger charge is 2.51. The van der Waals surface area contributed by atoms with E-state index < -0.39 is 4.92 Å². The minimum absolute atomic E-state index is 0.0362. The van der Waals surface area contributed by atoms with Crippen LogP contribution in [0.1, 0.15) is 6.42 Å². The van der Waals surface area contributed by atoms with Gasteiger partial charge in [0, 0.05) is 30.8 Å². The zero-order valence-electron chi connectivity index (χ0n) is 12.4. The first-order chi connectivity index (χ1) is 10.6. The summed E-state index contributed by atoms with van der Waals surface area (Å²) in [6.45, 7) is 2.13. The van der Waals surface area contributed by atoms with Crippen LogP contribution in [-0.4, -0.2) is 48.7 Å². The number of hydrogen-bond acceptors (Lipinski definition) is 4. The van der Waals surface area contributed by atoms with Gasteiger partial charge in [-0.3, -0.25) is 20.3 Å². The number of nitro groups is 1. The Hall–Kier alpha value is -2.25. The molecule has 1 aromatic rings. The molecule has 7 nitrogen and oxygen atoms in total. The highest BCUT2D eigenvalue weighted by molar-refractivity contribution is 5.90. The molecule has 2 aliphatic rings. The van der Waals surface area contributed by atoms with E-state index in [4.69, 9.17) is 0 Å². The molecule has 2 aliphatic heterocycles. The van der Waals surface area contributed by atoms with Crippen molar-refractivity contribution in [3.8, 4) is 0 Å². The first-order valence-electron chi connectivity index (χ1n) is 7.34. The molecule has 22 heavy (non-hydrogen) atoms. The van der Waals surface area contributed by atoms with Crippen molar-refractivity contribution in [3.05, 3.63) is 46.5 Å². The monoisotopic (exact) mass is 303 g/mol. The fourth-order valence-electron chi connectivity index (χ4n) is 3.33. The summed E-state index contributed by atoms with van der Waals surface area (Å²) in [5, 5.41) is 13.7. The maximum atomic E-state index is 12.6. The molecule has 2 atom stereocenters. The Bertz CT molecular complexity index is 628. The molecule has 0 radical (unpaired) electrons. The molecule has 0 aromatic heterocycles. The summed E-state index contributed by atoms with van der Waals surface area (Å²) in [5.41, 5.74) is 0.818. The summed E-state index contributed by atoms with van der Waals surface area (Å²) < 4.78 is 0.144. The predicted octanol–water partition coefficient (Wildman–Crippen LogP) is 1.84. The van der Waals surface area contributed by atoms with Crippen LogP contribution in [-0.2, 0) is 0 Å². The van der Waals surface area contributed by atoms with Crippen molar-refractivity contribution in [2.24, 2.45) is 0 Å². The van der Waals surface area contributed by atoms with Crippen LogP contribution in [0.2, 0.25) is 0 Å². The van der Waals surface area contributed by atoms with Crippen LogP contribution in [0.15, 0.2) is 36.4 Å². The van der Waals surface area contributed by atoms with Crippen LogP contribution in [0.25, 0.3) is 0 Å². The van der Waals surface area contributed by atoms with Crippen molar-refractivity contribution in [1.82, 2.24) is 14.7 Å². The Morgan fingerprint density at radius 1 is 1.36 bits per heavy atom. The van der Waals surface area contributed by atoms with Crippen molar-refractivity contribution < 1.29 is 9.72 Å². The second kappa shape index (κ2) is 5.51. The van der Waals surface area contributed by atoms with E-state index in [1.807, 2.05) is 7.05 Å². The van der Waals surface area contributed by atoms with Gasteiger partial charge in [0.05, 0.1) is 11.5 Å². The summed E-state index contributed by atoms with van der Waals surface area (Å²) >= 11 is 0. The lowest BCUT2D eigenvalue weighted by Gasteiger charge is -2.41. The van der Waals surface area contributed by atoms with Crippen LogP contribution >= 0.6 is 0 Å². The van der Waals surface area contributed by atoms with E-state index in [-0.39, 0.29) is 22.4 Å². The molecule has 7 heteroatoms. The Morgan fingerprint density at radius 3 is 2.64 bits per heavy atom. The number of nitrogens with zero attached hydrogens (tertiary/aromatic N) is 3. The van der Waals surface area contributed by atoms with Gasteiger partial charge in [-0.2, -0.15) is 4.48 Å². The molecule has 0 saturated carbocycles. The minimum atomic E-state index is -0.426. The average Bonchev–Trinajstić information content (AvgIpc) is 2.90. The molecule has 0 aliphatic carbocycles. The zero-order chi connectivity index (χ0) is 15.7. The number of likely N-dealkylation sites (N-methyl/N-ethyl adjacent to an activating group) is 1. The topological polar surface area (TPSA) is 75.5 Å². The van der Waals surface area contributed by atoms with Gasteiger partial charge in [0.1, 0.15) is 12.2 Å². The summed E-state index contributed by atoms with van der Waals surface area (Å²) in [7, 11) is 2.01. The molecule has 1 N–H and O–H groups in total. The van der Waals surface area contributed by atoms with E-state index in [9.17, 15) is 14.9 Å². The molecule has 0 spiro atoms. The highest BCUT2D eigenvalue weighted by Crippen LogP contribution is 2.33.